The van der Waals surface area contributed by atoms with Crippen molar-refractivity contribution in [1.82, 2.24) is 5.32 Å². The second-order valence-electron chi connectivity index (χ2n) is 5.87. The third-order valence-corrected chi connectivity index (χ3v) is 4.38. The molecule has 18 heavy (non-hydrogen) atoms. The summed E-state index contributed by atoms with van der Waals surface area (Å²) < 4.78 is 13.8. The number of hydrogen-bond donors (Lipinski definition) is 1. The van der Waals surface area contributed by atoms with Crippen LogP contribution < -0.4 is 5.32 Å². The van der Waals surface area contributed by atoms with Gasteiger partial charge in [0.15, 0.2) is 0 Å². The molecule has 1 saturated carbocycles. The molecule has 0 saturated heterocycles. The Bertz CT molecular complexity index is 410. The normalized spacial score (nSPS) is 22.8. The predicted molar refractivity (Wildman–Crippen MR) is 74.5 cm³/mol. The predicted octanol–water partition coefficient (Wildman–Crippen LogP) is 4.05. The SMILES string of the molecule is CCNC(Cc1c(F)cccc1Cl)C1CC1(C)C. The zero-order valence-corrected chi connectivity index (χ0v) is 12.0. The highest BCUT2D eigenvalue weighted by atomic mass is 35.5. The molecule has 1 aromatic rings. The molecule has 2 atom stereocenters. The molecule has 0 spiro atoms. The van der Waals surface area contributed by atoms with Crippen LogP contribution >= 0.6 is 11.6 Å². The number of nitrogens with one attached hydrogen (secondary N) is 1. The van der Waals surface area contributed by atoms with Gasteiger partial charge >= 0.3 is 0 Å². The molecule has 2 unspecified atom stereocenters. The summed E-state index contributed by atoms with van der Waals surface area (Å²) in [5, 5.41) is 4.02. The zero-order valence-electron chi connectivity index (χ0n) is 11.3. The third-order valence-electron chi connectivity index (χ3n) is 4.03. The molecular weight excluding hydrogens is 249 g/mol. The maximum absolute atomic E-state index is 13.8. The van der Waals surface area contributed by atoms with E-state index in [4.69, 9.17) is 11.6 Å². The van der Waals surface area contributed by atoms with Gasteiger partial charge in [-0.15, -0.1) is 0 Å². The Kier molecular flexibility index (Phi) is 3.98. The molecule has 1 aliphatic carbocycles. The largest absolute Gasteiger partial charge is 0.314 e. The Hall–Kier alpha value is -0.600. The summed E-state index contributed by atoms with van der Waals surface area (Å²) in [6.07, 6.45) is 1.88. The van der Waals surface area contributed by atoms with Gasteiger partial charge in [-0.2, -0.15) is 0 Å². The van der Waals surface area contributed by atoms with Gasteiger partial charge in [-0.1, -0.05) is 38.4 Å². The summed E-state index contributed by atoms with van der Waals surface area (Å²) in [5.41, 5.74) is 1.03. The minimum Gasteiger partial charge on any atom is -0.314 e. The quantitative estimate of drug-likeness (QED) is 0.850. The topological polar surface area (TPSA) is 12.0 Å². The van der Waals surface area contributed by atoms with Gasteiger partial charge in [0, 0.05) is 16.6 Å². The van der Waals surface area contributed by atoms with E-state index in [1.54, 1.807) is 12.1 Å². The van der Waals surface area contributed by atoms with Gasteiger partial charge in [0.25, 0.3) is 0 Å². The summed E-state index contributed by atoms with van der Waals surface area (Å²) in [6.45, 7) is 7.53. The fourth-order valence-electron chi connectivity index (χ4n) is 2.76. The van der Waals surface area contributed by atoms with E-state index in [1.165, 1.54) is 12.5 Å². The summed E-state index contributed by atoms with van der Waals surface area (Å²) >= 11 is 6.10. The van der Waals surface area contributed by atoms with Crippen LogP contribution in [0.4, 0.5) is 4.39 Å². The van der Waals surface area contributed by atoms with Gasteiger partial charge in [0.2, 0.25) is 0 Å². The van der Waals surface area contributed by atoms with E-state index in [-0.39, 0.29) is 5.82 Å². The summed E-state index contributed by atoms with van der Waals surface area (Å²) in [4.78, 5) is 0. The third kappa shape index (κ3) is 2.86. The highest BCUT2D eigenvalue weighted by Crippen LogP contribution is 2.54. The first-order valence-corrected chi connectivity index (χ1v) is 6.99. The van der Waals surface area contributed by atoms with Crippen molar-refractivity contribution in [1.29, 1.82) is 0 Å². The molecule has 100 valence electrons. The molecule has 1 nitrogen and oxygen atoms in total. The summed E-state index contributed by atoms with van der Waals surface area (Å²) in [6, 6.07) is 5.23. The van der Waals surface area contributed by atoms with E-state index < -0.39 is 0 Å². The molecule has 3 heteroatoms. The van der Waals surface area contributed by atoms with Crippen LogP contribution in [0.25, 0.3) is 0 Å². The Morgan fingerprint density at radius 2 is 2.17 bits per heavy atom. The monoisotopic (exact) mass is 269 g/mol. The lowest BCUT2D eigenvalue weighted by Crippen LogP contribution is -2.34. The van der Waals surface area contributed by atoms with E-state index in [0.717, 1.165) is 6.54 Å². The minimum atomic E-state index is -0.191. The van der Waals surface area contributed by atoms with Gasteiger partial charge in [-0.25, -0.2) is 4.39 Å². The van der Waals surface area contributed by atoms with Crippen molar-refractivity contribution in [3.8, 4) is 0 Å². The number of benzene rings is 1. The van der Waals surface area contributed by atoms with E-state index in [0.29, 0.717) is 34.4 Å². The summed E-state index contributed by atoms with van der Waals surface area (Å²) in [7, 11) is 0. The van der Waals surface area contributed by atoms with Crippen molar-refractivity contribution >= 4 is 11.6 Å². The Labute approximate surface area is 114 Å². The van der Waals surface area contributed by atoms with Crippen LogP contribution in [-0.4, -0.2) is 12.6 Å². The second kappa shape index (κ2) is 5.18. The van der Waals surface area contributed by atoms with E-state index in [1.807, 2.05) is 0 Å². The molecule has 0 radical (unpaired) electrons. The van der Waals surface area contributed by atoms with Crippen LogP contribution in [-0.2, 0) is 6.42 Å². The fourth-order valence-corrected chi connectivity index (χ4v) is 3.00. The van der Waals surface area contributed by atoms with Crippen molar-refractivity contribution in [3.05, 3.63) is 34.6 Å². The van der Waals surface area contributed by atoms with Crippen molar-refractivity contribution in [3.63, 3.8) is 0 Å². The van der Waals surface area contributed by atoms with Gasteiger partial charge < -0.3 is 5.32 Å². The molecule has 1 aliphatic rings. The molecule has 0 aliphatic heterocycles. The van der Waals surface area contributed by atoms with E-state index >= 15 is 0 Å². The molecule has 1 N–H and O–H groups in total. The molecular formula is C15H21ClFN. The van der Waals surface area contributed by atoms with E-state index in [9.17, 15) is 4.39 Å². The maximum atomic E-state index is 13.8. The van der Waals surface area contributed by atoms with E-state index in [2.05, 4.69) is 26.1 Å². The first kappa shape index (κ1) is 13.8. The first-order valence-electron chi connectivity index (χ1n) is 6.62. The Balaban J connectivity index is 2.14. The number of halogens is 2. The van der Waals surface area contributed by atoms with Crippen LogP contribution in [0.2, 0.25) is 5.02 Å². The lowest BCUT2D eigenvalue weighted by molar-refractivity contribution is 0.405. The molecule has 1 fully saturated rings. The van der Waals surface area contributed by atoms with Crippen LogP contribution in [0.3, 0.4) is 0 Å². The number of hydrogen-bond acceptors (Lipinski definition) is 1. The van der Waals surface area contributed by atoms with Crippen molar-refractivity contribution in [2.45, 2.75) is 39.7 Å². The van der Waals surface area contributed by atoms with Gasteiger partial charge in [0.1, 0.15) is 5.82 Å². The van der Waals surface area contributed by atoms with Crippen LogP contribution in [0, 0.1) is 17.2 Å². The molecule has 0 aromatic heterocycles. The highest BCUT2D eigenvalue weighted by Gasteiger charge is 2.49. The van der Waals surface area contributed by atoms with Gasteiger partial charge in [0.05, 0.1) is 0 Å². The first-order chi connectivity index (χ1) is 8.45. The van der Waals surface area contributed by atoms with Gasteiger partial charge in [-0.05, 0) is 42.9 Å². The average Bonchev–Trinajstić information content (AvgIpc) is 2.92. The Morgan fingerprint density at radius 3 is 2.67 bits per heavy atom. The highest BCUT2D eigenvalue weighted by molar-refractivity contribution is 6.31. The molecule has 0 heterocycles. The standard InChI is InChI=1S/C15H21ClFN/c1-4-18-14(11-9-15(11,2)3)8-10-12(16)6-5-7-13(10)17/h5-7,11,14,18H,4,8-9H2,1-3H3. The zero-order chi connectivity index (χ0) is 13.3. The summed E-state index contributed by atoms with van der Waals surface area (Å²) in [5.74, 6) is 0.428. The lowest BCUT2D eigenvalue weighted by Gasteiger charge is -2.20. The number of rotatable bonds is 5. The molecule has 0 amide bonds. The van der Waals surface area contributed by atoms with Crippen molar-refractivity contribution in [2.75, 3.05) is 6.54 Å². The van der Waals surface area contributed by atoms with Crippen LogP contribution in [0.15, 0.2) is 18.2 Å². The smallest absolute Gasteiger partial charge is 0.127 e. The van der Waals surface area contributed by atoms with Crippen molar-refractivity contribution < 1.29 is 4.39 Å². The lowest BCUT2D eigenvalue weighted by atomic mass is 9.97. The van der Waals surface area contributed by atoms with Crippen molar-refractivity contribution in [2.24, 2.45) is 11.3 Å². The number of likely N-dealkylation sites (N-methyl/N-ethyl adjacent to an activating group) is 1. The minimum absolute atomic E-state index is 0.191. The maximum Gasteiger partial charge on any atom is 0.127 e. The molecule has 2 rings (SSSR count). The molecule has 0 bridgehead atoms. The van der Waals surface area contributed by atoms with Crippen LogP contribution in [0.1, 0.15) is 32.8 Å². The average molecular weight is 270 g/mol. The molecule has 1 aromatic carbocycles. The van der Waals surface area contributed by atoms with Crippen LogP contribution in [0.5, 0.6) is 0 Å². The second-order valence-corrected chi connectivity index (χ2v) is 6.27. The van der Waals surface area contributed by atoms with Gasteiger partial charge in [-0.3, -0.25) is 0 Å². The fraction of sp³-hybridized carbons (Fsp3) is 0.600. The Morgan fingerprint density at radius 1 is 1.50 bits per heavy atom.